The number of rotatable bonds is 2. The van der Waals surface area contributed by atoms with Crippen LogP contribution >= 0.6 is 15.9 Å². The van der Waals surface area contributed by atoms with Crippen LogP contribution in [0, 0.1) is 6.92 Å². The van der Waals surface area contributed by atoms with Gasteiger partial charge in [0.2, 0.25) is 5.95 Å². The molecule has 1 aliphatic heterocycles. The van der Waals surface area contributed by atoms with E-state index in [0.29, 0.717) is 0 Å². The van der Waals surface area contributed by atoms with Crippen LogP contribution in [0.3, 0.4) is 0 Å². The minimum absolute atomic E-state index is 0.858. The molecule has 0 unspecified atom stereocenters. The fourth-order valence-electron chi connectivity index (χ4n) is 2.12. The van der Waals surface area contributed by atoms with Crippen LogP contribution in [0.25, 0.3) is 0 Å². The summed E-state index contributed by atoms with van der Waals surface area (Å²) in [5, 5.41) is 3.11. The zero-order valence-electron chi connectivity index (χ0n) is 10.5. The van der Waals surface area contributed by atoms with Gasteiger partial charge in [-0.25, -0.2) is 4.98 Å². The van der Waals surface area contributed by atoms with Gasteiger partial charge in [-0.1, -0.05) is 12.8 Å². The third kappa shape index (κ3) is 2.89. The molecule has 0 atom stereocenters. The lowest BCUT2D eigenvalue weighted by molar-refractivity contribution is 0.726. The average molecular weight is 299 g/mol. The summed E-state index contributed by atoms with van der Waals surface area (Å²) in [6.45, 7) is 4.16. The van der Waals surface area contributed by atoms with Crippen LogP contribution in [0.1, 0.15) is 31.4 Å². The van der Waals surface area contributed by atoms with Gasteiger partial charge in [0.05, 0.1) is 10.2 Å². The lowest BCUT2D eigenvalue weighted by Crippen LogP contribution is -2.26. The summed E-state index contributed by atoms with van der Waals surface area (Å²) >= 11 is 3.51. The number of aromatic nitrogens is 2. The van der Waals surface area contributed by atoms with Crippen molar-refractivity contribution >= 4 is 27.7 Å². The lowest BCUT2D eigenvalue weighted by Gasteiger charge is -2.21. The standard InChI is InChI=1S/C12H19BrN4/c1-9-10(13)11(14-2)16-12(15-9)17-7-5-3-4-6-8-17/h3-8H2,1-2H3,(H,14,15,16). The number of nitrogens with zero attached hydrogens (tertiary/aromatic N) is 3. The zero-order valence-corrected chi connectivity index (χ0v) is 12.0. The maximum absolute atomic E-state index is 4.57. The van der Waals surface area contributed by atoms with Gasteiger partial charge in [-0.05, 0) is 35.7 Å². The molecule has 2 rings (SSSR count). The average Bonchev–Trinajstić information content (AvgIpc) is 2.61. The van der Waals surface area contributed by atoms with E-state index in [-0.39, 0.29) is 0 Å². The van der Waals surface area contributed by atoms with Crippen LogP contribution in [0.5, 0.6) is 0 Å². The molecule has 0 amide bonds. The van der Waals surface area contributed by atoms with Crippen molar-refractivity contribution in [3.8, 4) is 0 Å². The molecule has 4 nitrogen and oxygen atoms in total. The van der Waals surface area contributed by atoms with Crippen molar-refractivity contribution in [2.24, 2.45) is 0 Å². The normalized spacial score (nSPS) is 16.8. The molecule has 1 aliphatic rings. The monoisotopic (exact) mass is 298 g/mol. The van der Waals surface area contributed by atoms with Crippen LogP contribution in [0.2, 0.25) is 0 Å². The minimum atomic E-state index is 0.858. The summed E-state index contributed by atoms with van der Waals surface area (Å²) < 4.78 is 0.957. The van der Waals surface area contributed by atoms with E-state index in [1.165, 1.54) is 25.7 Å². The third-order valence-corrected chi connectivity index (χ3v) is 4.08. The quantitative estimate of drug-likeness (QED) is 0.911. The van der Waals surface area contributed by atoms with E-state index >= 15 is 0 Å². The zero-order chi connectivity index (χ0) is 12.3. The van der Waals surface area contributed by atoms with Gasteiger partial charge in [0.1, 0.15) is 5.82 Å². The number of hydrogen-bond acceptors (Lipinski definition) is 4. The summed E-state index contributed by atoms with van der Waals surface area (Å²) in [5.74, 6) is 1.73. The van der Waals surface area contributed by atoms with E-state index in [9.17, 15) is 0 Å². The van der Waals surface area contributed by atoms with Crippen LogP contribution in [0.15, 0.2) is 4.47 Å². The highest BCUT2D eigenvalue weighted by Gasteiger charge is 2.15. The van der Waals surface area contributed by atoms with Crippen molar-refractivity contribution < 1.29 is 0 Å². The highest BCUT2D eigenvalue weighted by molar-refractivity contribution is 9.10. The van der Waals surface area contributed by atoms with Gasteiger partial charge in [0.25, 0.3) is 0 Å². The van der Waals surface area contributed by atoms with Crippen LogP contribution < -0.4 is 10.2 Å². The molecule has 0 aliphatic carbocycles. The molecule has 0 radical (unpaired) electrons. The molecule has 0 bridgehead atoms. The molecule has 94 valence electrons. The van der Waals surface area contributed by atoms with Gasteiger partial charge in [-0.3, -0.25) is 0 Å². The van der Waals surface area contributed by atoms with Gasteiger partial charge in [0, 0.05) is 20.1 Å². The molecule has 0 spiro atoms. The second-order valence-corrected chi connectivity index (χ2v) is 5.22. The second-order valence-electron chi connectivity index (χ2n) is 4.42. The fraction of sp³-hybridized carbons (Fsp3) is 0.667. The molecule has 1 aromatic heterocycles. The van der Waals surface area contributed by atoms with Crippen molar-refractivity contribution in [2.75, 3.05) is 30.4 Å². The Labute approximate surface area is 111 Å². The molecule has 2 heterocycles. The third-order valence-electron chi connectivity index (χ3n) is 3.13. The summed E-state index contributed by atoms with van der Waals surface area (Å²) in [6.07, 6.45) is 5.14. The first-order chi connectivity index (χ1) is 8.22. The fourth-order valence-corrected chi connectivity index (χ4v) is 2.50. The summed E-state index contributed by atoms with van der Waals surface area (Å²) in [6, 6.07) is 0. The van der Waals surface area contributed by atoms with E-state index in [4.69, 9.17) is 0 Å². The Hall–Kier alpha value is -0.840. The van der Waals surface area contributed by atoms with E-state index in [1.807, 2.05) is 14.0 Å². The smallest absolute Gasteiger partial charge is 0.227 e. The summed E-state index contributed by atoms with van der Waals surface area (Å²) in [7, 11) is 1.89. The largest absolute Gasteiger partial charge is 0.372 e. The van der Waals surface area contributed by atoms with E-state index in [2.05, 4.69) is 36.1 Å². The van der Waals surface area contributed by atoms with E-state index < -0.39 is 0 Å². The Morgan fingerprint density at radius 2 is 1.76 bits per heavy atom. The molecule has 17 heavy (non-hydrogen) atoms. The van der Waals surface area contributed by atoms with E-state index in [1.54, 1.807) is 0 Å². The van der Waals surface area contributed by atoms with Gasteiger partial charge in [0.15, 0.2) is 0 Å². The van der Waals surface area contributed by atoms with Crippen molar-refractivity contribution in [3.05, 3.63) is 10.2 Å². The maximum Gasteiger partial charge on any atom is 0.227 e. The predicted molar refractivity (Wildman–Crippen MR) is 74.7 cm³/mol. The molecular formula is C12H19BrN4. The number of anilines is 2. The lowest BCUT2D eigenvalue weighted by atomic mass is 10.2. The van der Waals surface area contributed by atoms with Gasteiger partial charge < -0.3 is 10.2 Å². The number of aryl methyl sites for hydroxylation is 1. The Balaban J connectivity index is 2.27. The molecule has 5 heteroatoms. The Morgan fingerprint density at radius 3 is 2.35 bits per heavy atom. The first-order valence-corrected chi connectivity index (χ1v) is 6.98. The van der Waals surface area contributed by atoms with Crippen LogP contribution in [-0.4, -0.2) is 30.1 Å². The Kier molecular flexibility index (Phi) is 4.20. The summed E-state index contributed by atoms with van der Waals surface area (Å²) in [4.78, 5) is 11.4. The van der Waals surface area contributed by atoms with Crippen molar-refractivity contribution in [3.63, 3.8) is 0 Å². The molecule has 1 fully saturated rings. The first kappa shape index (κ1) is 12.6. The predicted octanol–water partition coefficient (Wildman–Crippen LogP) is 2.97. The van der Waals surface area contributed by atoms with Crippen LogP contribution in [-0.2, 0) is 0 Å². The molecule has 0 aromatic carbocycles. The van der Waals surface area contributed by atoms with Gasteiger partial charge in [-0.15, -0.1) is 0 Å². The molecule has 1 N–H and O–H groups in total. The van der Waals surface area contributed by atoms with Crippen molar-refractivity contribution in [2.45, 2.75) is 32.6 Å². The van der Waals surface area contributed by atoms with Crippen LogP contribution in [0.4, 0.5) is 11.8 Å². The first-order valence-electron chi connectivity index (χ1n) is 6.19. The Morgan fingerprint density at radius 1 is 1.12 bits per heavy atom. The SMILES string of the molecule is CNc1nc(N2CCCCCC2)nc(C)c1Br. The minimum Gasteiger partial charge on any atom is -0.372 e. The second kappa shape index (κ2) is 5.67. The molecular weight excluding hydrogens is 280 g/mol. The Bertz CT molecular complexity index is 386. The number of halogens is 1. The maximum atomic E-state index is 4.57. The highest BCUT2D eigenvalue weighted by atomic mass is 79.9. The molecule has 1 saturated heterocycles. The van der Waals surface area contributed by atoms with E-state index in [0.717, 1.165) is 35.0 Å². The molecule has 1 aromatic rings. The van der Waals surface area contributed by atoms with Gasteiger partial charge >= 0.3 is 0 Å². The van der Waals surface area contributed by atoms with Gasteiger partial charge in [-0.2, -0.15) is 4.98 Å². The topological polar surface area (TPSA) is 41.1 Å². The van der Waals surface area contributed by atoms with Crippen molar-refractivity contribution in [1.82, 2.24) is 9.97 Å². The highest BCUT2D eigenvalue weighted by Crippen LogP contribution is 2.26. The van der Waals surface area contributed by atoms with Crippen molar-refractivity contribution in [1.29, 1.82) is 0 Å². The molecule has 0 saturated carbocycles. The number of hydrogen-bond donors (Lipinski definition) is 1. The summed E-state index contributed by atoms with van der Waals surface area (Å²) in [5.41, 5.74) is 0.989. The number of nitrogens with one attached hydrogen (secondary N) is 1.